The summed E-state index contributed by atoms with van der Waals surface area (Å²) >= 11 is 0. The lowest BCUT2D eigenvalue weighted by atomic mass is 9.49. The van der Waals surface area contributed by atoms with Crippen LogP contribution in [0.15, 0.2) is 6.33 Å². The largest absolute Gasteiger partial charge is 0.476 e. The van der Waals surface area contributed by atoms with E-state index in [0.29, 0.717) is 5.41 Å². The molecule has 20 heavy (non-hydrogen) atoms. The van der Waals surface area contributed by atoms with E-state index in [1.54, 1.807) is 10.9 Å². The normalized spacial score (nSPS) is 38.3. The van der Waals surface area contributed by atoms with Crippen molar-refractivity contribution in [2.45, 2.75) is 45.1 Å². The number of carboxylic acid groups (broad SMARTS) is 1. The predicted octanol–water partition coefficient (Wildman–Crippen LogP) is 2.38. The summed E-state index contributed by atoms with van der Waals surface area (Å²) < 4.78 is 1.78. The minimum atomic E-state index is -0.968. The van der Waals surface area contributed by atoms with Crippen molar-refractivity contribution in [3.8, 4) is 0 Å². The molecule has 0 radical (unpaired) electrons. The molecule has 4 aliphatic carbocycles. The highest BCUT2D eigenvalue weighted by molar-refractivity contribution is 5.90. The Bertz CT molecular complexity index is 528. The molecular weight excluding hydrogens is 254 g/mol. The summed E-state index contributed by atoms with van der Waals surface area (Å²) in [6, 6.07) is 0. The summed E-state index contributed by atoms with van der Waals surface area (Å²) in [6.45, 7) is 0.780. The molecule has 0 amide bonds. The van der Waals surface area contributed by atoms with Gasteiger partial charge in [0, 0.05) is 6.54 Å². The summed E-state index contributed by atoms with van der Waals surface area (Å²) in [5.74, 6) is 1.79. The maximum absolute atomic E-state index is 11.3. The first-order valence-electron chi connectivity index (χ1n) is 7.58. The predicted molar refractivity (Wildman–Crippen MR) is 74.2 cm³/mol. The molecule has 3 N–H and O–H groups in total. The molecule has 4 saturated carbocycles. The van der Waals surface area contributed by atoms with Crippen LogP contribution in [0, 0.1) is 23.2 Å². The van der Waals surface area contributed by atoms with Crippen LogP contribution in [0.5, 0.6) is 0 Å². The van der Waals surface area contributed by atoms with Gasteiger partial charge in [-0.05, 0) is 61.7 Å². The Morgan fingerprint density at radius 2 is 1.85 bits per heavy atom. The average molecular weight is 275 g/mol. The van der Waals surface area contributed by atoms with E-state index in [-0.39, 0.29) is 11.5 Å². The van der Waals surface area contributed by atoms with E-state index in [4.69, 9.17) is 5.73 Å². The lowest BCUT2D eigenvalue weighted by Gasteiger charge is -2.57. The van der Waals surface area contributed by atoms with Gasteiger partial charge in [-0.1, -0.05) is 0 Å². The third kappa shape index (κ3) is 1.75. The number of imidazole rings is 1. The molecule has 1 aromatic rings. The zero-order valence-electron chi connectivity index (χ0n) is 11.6. The molecule has 0 saturated heterocycles. The standard InChI is InChI=1S/C15H21N3O2/c16-13-12(14(19)20)18(8-17-13)7-15-4-9-1-10(5-15)3-11(2-9)6-15/h8-11H,1-7,16H2,(H,19,20). The number of nitrogens with two attached hydrogens (primary N) is 1. The summed E-state index contributed by atoms with van der Waals surface area (Å²) in [5.41, 5.74) is 6.16. The zero-order chi connectivity index (χ0) is 13.9. The fourth-order valence-corrected chi connectivity index (χ4v) is 5.60. The molecule has 0 unspecified atom stereocenters. The van der Waals surface area contributed by atoms with E-state index in [1.807, 2.05) is 0 Å². The van der Waals surface area contributed by atoms with Gasteiger partial charge in [-0.25, -0.2) is 9.78 Å². The molecule has 4 aliphatic rings. The van der Waals surface area contributed by atoms with E-state index in [2.05, 4.69) is 4.98 Å². The minimum absolute atomic E-state index is 0.141. The van der Waals surface area contributed by atoms with Gasteiger partial charge in [-0.15, -0.1) is 0 Å². The smallest absolute Gasteiger partial charge is 0.356 e. The van der Waals surface area contributed by atoms with Crippen molar-refractivity contribution in [1.82, 2.24) is 9.55 Å². The number of rotatable bonds is 3. The highest BCUT2D eigenvalue weighted by Crippen LogP contribution is 2.60. The minimum Gasteiger partial charge on any atom is -0.476 e. The van der Waals surface area contributed by atoms with Gasteiger partial charge in [0.1, 0.15) is 0 Å². The van der Waals surface area contributed by atoms with Crippen LogP contribution in [0.25, 0.3) is 0 Å². The van der Waals surface area contributed by atoms with Crippen molar-refractivity contribution in [2.24, 2.45) is 23.2 Å². The Hall–Kier alpha value is -1.52. The number of nitrogens with zero attached hydrogens (tertiary/aromatic N) is 2. The van der Waals surface area contributed by atoms with E-state index < -0.39 is 5.97 Å². The van der Waals surface area contributed by atoms with Gasteiger partial charge in [-0.3, -0.25) is 0 Å². The van der Waals surface area contributed by atoms with Crippen molar-refractivity contribution >= 4 is 11.8 Å². The SMILES string of the molecule is Nc1ncn(CC23CC4CC(CC(C4)C2)C3)c1C(=O)O. The topological polar surface area (TPSA) is 81.1 Å². The molecule has 0 spiro atoms. The first-order chi connectivity index (χ1) is 9.55. The number of hydrogen-bond donors (Lipinski definition) is 2. The lowest BCUT2D eigenvalue weighted by Crippen LogP contribution is -2.48. The van der Waals surface area contributed by atoms with E-state index in [9.17, 15) is 9.90 Å². The molecular formula is C15H21N3O2. The van der Waals surface area contributed by atoms with Gasteiger partial charge in [0.05, 0.1) is 6.33 Å². The Labute approximate surface area is 118 Å². The maximum atomic E-state index is 11.3. The number of hydrogen-bond acceptors (Lipinski definition) is 3. The zero-order valence-corrected chi connectivity index (χ0v) is 11.6. The monoisotopic (exact) mass is 275 g/mol. The number of carbonyl (C=O) groups is 1. The molecule has 1 heterocycles. The third-order valence-corrected chi connectivity index (χ3v) is 5.74. The molecule has 0 aliphatic heterocycles. The molecule has 0 aromatic carbocycles. The Morgan fingerprint density at radius 1 is 1.30 bits per heavy atom. The molecule has 5 rings (SSSR count). The number of aromatic carboxylic acids is 1. The Balaban J connectivity index is 1.64. The van der Waals surface area contributed by atoms with E-state index in [1.165, 1.54) is 38.5 Å². The van der Waals surface area contributed by atoms with Crippen molar-refractivity contribution in [1.29, 1.82) is 0 Å². The van der Waals surface area contributed by atoms with Crippen LogP contribution >= 0.6 is 0 Å². The first-order valence-corrected chi connectivity index (χ1v) is 7.58. The molecule has 5 heteroatoms. The maximum Gasteiger partial charge on any atom is 0.356 e. The van der Waals surface area contributed by atoms with Crippen LogP contribution in [0.1, 0.15) is 49.0 Å². The number of carboxylic acids is 1. The van der Waals surface area contributed by atoms with Crippen LogP contribution in [0.3, 0.4) is 0 Å². The average Bonchev–Trinajstić information content (AvgIpc) is 2.67. The second kappa shape index (κ2) is 3.99. The van der Waals surface area contributed by atoms with Crippen LogP contribution < -0.4 is 5.73 Å². The van der Waals surface area contributed by atoms with Crippen molar-refractivity contribution in [3.05, 3.63) is 12.0 Å². The van der Waals surface area contributed by atoms with Gasteiger partial charge in [0.15, 0.2) is 11.5 Å². The summed E-state index contributed by atoms with van der Waals surface area (Å²) in [5, 5.41) is 9.31. The van der Waals surface area contributed by atoms with Crippen molar-refractivity contribution in [2.75, 3.05) is 5.73 Å². The molecule has 108 valence electrons. The van der Waals surface area contributed by atoms with Crippen molar-refractivity contribution in [3.63, 3.8) is 0 Å². The second-order valence-corrected chi connectivity index (χ2v) is 7.33. The number of nitrogen functional groups attached to an aromatic ring is 1. The molecule has 0 atom stereocenters. The number of anilines is 1. The highest BCUT2D eigenvalue weighted by atomic mass is 16.4. The van der Waals surface area contributed by atoms with Crippen molar-refractivity contribution < 1.29 is 9.90 Å². The van der Waals surface area contributed by atoms with Gasteiger partial charge < -0.3 is 15.4 Å². The van der Waals surface area contributed by atoms with E-state index in [0.717, 1.165) is 24.3 Å². The molecule has 4 fully saturated rings. The summed E-state index contributed by atoms with van der Waals surface area (Å²) in [7, 11) is 0. The van der Waals surface area contributed by atoms with Gasteiger partial charge in [0.2, 0.25) is 0 Å². The van der Waals surface area contributed by atoms with Gasteiger partial charge in [-0.2, -0.15) is 0 Å². The quantitative estimate of drug-likeness (QED) is 0.887. The lowest BCUT2D eigenvalue weighted by molar-refractivity contribution is -0.0621. The molecule has 4 bridgehead atoms. The van der Waals surface area contributed by atoms with Gasteiger partial charge in [0.25, 0.3) is 0 Å². The Kier molecular flexibility index (Phi) is 2.44. The van der Waals surface area contributed by atoms with Crippen LogP contribution in [-0.4, -0.2) is 20.6 Å². The molecule has 1 aromatic heterocycles. The third-order valence-electron chi connectivity index (χ3n) is 5.74. The van der Waals surface area contributed by atoms with Crippen LogP contribution in [-0.2, 0) is 6.54 Å². The van der Waals surface area contributed by atoms with E-state index >= 15 is 0 Å². The Morgan fingerprint density at radius 3 is 2.35 bits per heavy atom. The first kappa shape index (κ1) is 12.2. The second-order valence-electron chi connectivity index (χ2n) is 7.33. The summed E-state index contributed by atoms with van der Waals surface area (Å²) in [6.07, 6.45) is 9.59. The summed E-state index contributed by atoms with van der Waals surface area (Å²) in [4.78, 5) is 15.3. The fraction of sp³-hybridized carbons (Fsp3) is 0.733. The van der Waals surface area contributed by atoms with Gasteiger partial charge >= 0.3 is 5.97 Å². The van der Waals surface area contributed by atoms with Crippen LogP contribution in [0.4, 0.5) is 5.82 Å². The number of aromatic nitrogens is 2. The fourth-order valence-electron chi connectivity index (χ4n) is 5.60. The molecule has 5 nitrogen and oxygen atoms in total. The van der Waals surface area contributed by atoms with Crippen LogP contribution in [0.2, 0.25) is 0 Å². The highest BCUT2D eigenvalue weighted by Gasteiger charge is 2.51.